The summed E-state index contributed by atoms with van der Waals surface area (Å²) in [4.78, 5) is 31.1. The number of ketones is 2. The first kappa shape index (κ1) is 15.8. The second kappa shape index (κ2) is 5.62. The fourth-order valence-electron chi connectivity index (χ4n) is 3.89. The van der Waals surface area contributed by atoms with Crippen LogP contribution in [0.3, 0.4) is 0 Å². The minimum Gasteiger partial charge on any atom is -0.289 e. The Labute approximate surface area is 163 Å². The van der Waals surface area contributed by atoms with Crippen molar-refractivity contribution in [3.63, 3.8) is 0 Å². The van der Waals surface area contributed by atoms with E-state index in [4.69, 9.17) is 4.98 Å². The molecule has 0 bridgehead atoms. The van der Waals surface area contributed by atoms with Gasteiger partial charge in [0.15, 0.2) is 23.0 Å². The van der Waals surface area contributed by atoms with Gasteiger partial charge in [-0.3, -0.25) is 9.59 Å². The van der Waals surface area contributed by atoms with E-state index < -0.39 is 0 Å². The second-order valence-corrected chi connectivity index (χ2v) is 6.80. The summed E-state index contributed by atoms with van der Waals surface area (Å²) in [6.45, 7) is 0. The van der Waals surface area contributed by atoms with E-state index in [2.05, 4.69) is 15.5 Å². The summed E-state index contributed by atoms with van der Waals surface area (Å²) in [5, 5.41) is 12.6. The zero-order chi connectivity index (χ0) is 19.5. The first-order valence-electron chi connectivity index (χ1n) is 9.02. The third kappa shape index (κ3) is 2.06. The summed E-state index contributed by atoms with van der Waals surface area (Å²) in [7, 11) is 0. The summed E-state index contributed by atoms with van der Waals surface area (Å²) in [5.74, 6) is 0.106. The van der Waals surface area contributed by atoms with E-state index in [1.54, 1.807) is 40.9 Å². The van der Waals surface area contributed by atoms with E-state index in [0.717, 1.165) is 5.56 Å². The SMILES string of the molecule is O=C1c2ccccc2C(=O)c2c1ccc1c2nc(-c2ccccc2)n2nnnc12. The first-order valence-corrected chi connectivity index (χ1v) is 9.02. The molecule has 0 fully saturated rings. The molecule has 0 saturated carbocycles. The van der Waals surface area contributed by atoms with Crippen molar-refractivity contribution in [1.29, 1.82) is 0 Å². The molecule has 7 nitrogen and oxygen atoms in total. The predicted molar refractivity (Wildman–Crippen MR) is 105 cm³/mol. The number of carbonyl (C=O) groups excluding carboxylic acids is 2. The highest BCUT2D eigenvalue weighted by atomic mass is 16.1. The topological polar surface area (TPSA) is 90.1 Å². The maximum absolute atomic E-state index is 13.3. The third-order valence-corrected chi connectivity index (χ3v) is 5.23. The van der Waals surface area contributed by atoms with Gasteiger partial charge in [0.2, 0.25) is 0 Å². The van der Waals surface area contributed by atoms with Gasteiger partial charge in [-0.25, -0.2) is 4.98 Å². The van der Waals surface area contributed by atoms with Crippen LogP contribution in [0.25, 0.3) is 27.9 Å². The highest BCUT2D eigenvalue weighted by molar-refractivity contribution is 6.32. The number of fused-ring (bicyclic) bond motifs is 6. The van der Waals surface area contributed by atoms with Crippen LogP contribution in [0.1, 0.15) is 31.8 Å². The van der Waals surface area contributed by atoms with Crippen molar-refractivity contribution in [3.05, 3.63) is 89.0 Å². The Morgan fingerprint density at radius 2 is 1.45 bits per heavy atom. The van der Waals surface area contributed by atoms with Gasteiger partial charge in [-0.05, 0) is 22.6 Å². The van der Waals surface area contributed by atoms with Gasteiger partial charge in [0.1, 0.15) is 0 Å². The second-order valence-electron chi connectivity index (χ2n) is 6.80. The molecule has 0 amide bonds. The summed E-state index contributed by atoms with van der Waals surface area (Å²) in [5.41, 5.74) is 3.17. The predicted octanol–water partition coefficient (Wildman–Crippen LogP) is 3.11. The van der Waals surface area contributed by atoms with Crippen LogP contribution < -0.4 is 0 Å². The lowest BCUT2D eigenvalue weighted by Gasteiger charge is -2.19. The monoisotopic (exact) mass is 377 g/mol. The molecule has 2 heterocycles. The Hall–Kier alpha value is -4.26. The fourth-order valence-corrected chi connectivity index (χ4v) is 3.89. The standard InChI is InChI=1S/C22H11N5O2/c28-19-13-8-4-5-9-14(13)20(29)17-15(19)10-11-16-18(17)23-21(12-6-2-1-3-7-12)27-22(16)24-25-26-27/h1-11H. The number of benzene rings is 3. The quantitative estimate of drug-likeness (QED) is 0.437. The van der Waals surface area contributed by atoms with Gasteiger partial charge in [0.25, 0.3) is 0 Å². The number of nitrogens with zero attached hydrogens (tertiary/aromatic N) is 5. The average Bonchev–Trinajstić information content (AvgIpc) is 3.27. The van der Waals surface area contributed by atoms with Crippen molar-refractivity contribution in [3.8, 4) is 11.4 Å². The number of aromatic nitrogens is 5. The van der Waals surface area contributed by atoms with Gasteiger partial charge in [-0.1, -0.05) is 54.6 Å². The van der Waals surface area contributed by atoms with Crippen LogP contribution >= 0.6 is 0 Å². The highest BCUT2D eigenvalue weighted by Gasteiger charge is 2.32. The van der Waals surface area contributed by atoms with Crippen LogP contribution in [0.15, 0.2) is 66.7 Å². The van der Waals surface area contributed by atoms with E-state index in [9.17, 15) is 9.59 Å². The number of tetrazole rings is 1. The zero-order valence-electron chi connectivity index (χ0n) is 14.9. The lowest BCUT2D eigenvalue weighted by Crippen LogP contribution is -2.21. The summed E-state index contributed by atoms with van der Waals surface area (Å²) in [6, 6.07) is 19.8. The largest absolute Gasteiger partial charge is 0.289 e. The average molecular weight is 377 g/mol. The first-order chi connectivity index (χ1) is 14.2. The maximum Gasteiger partial charge on any atom is 0.196 e. The van der Waals surface area contributed by atoms with Crippen LogP contribution in [0.5, 0.6) is 0 Å². The molecule has 7 heteroatoms. The lowest BCUT2D eigenvalue weighted by molar-refractivity contribution is 0.0980. The van der Waals surface area contributed by atoms with Crippen molar-refractivity contribution in [1.82, 2.24) is 25.0 Å². The Morgan fingerprint density at radius 3 is 2.24 bits per heavy atom. The minimum absolute atomic E-state index is 0.181. The lowest BCUT2D eigenvalue weighted by atomic mass is 9.83. The number of hydrogen-bond acceptors (Lipinski definition) is 6. The van der Waals surface area contributed by atoms with Gasteiger partial charge >= 0.3 is 0 Å². The Morgan fingerprint density at radius 1 is 0.724 bits per heavy atom. The van der Waals surface area contributed by atoms with Crippen molar-refractivity contribution in [2.45, 2.75) is 0 Å². The molecule has 0 radical (unpaired) electrons. The molecule has 0 saturated heterocycles. The maximum atomic E-state index is 13.3. The van der Waals surface area contributed by atoms with E-state index in [-0.39, 0.29) is 11.6 Å². The van der Waals surface area contributed by atoms with Gasteiger partial charge in [0, 0.05) is 27.6 Å². The molecular weight excluding hydrogens is 366 g/mol. The van der Waals surface area contributed by atoms with Crippen molar-refractivity contribution in [2.24, 2.45) is 0 Å². The van der Waals surface area contributed by atoms with Crippen molar-refractivity contribution >= 4 is 28.1 Å². The zero-order valence-corrected chi connectivity index (χ0v) is 14.9. The molecule has 3 aromatic carbocycles. The normalized spacial score (nSPS) is 13.0. The molecule has 1 aliphatic rings. The van der Waals surface area contributed by atoms with Crippen LogP contribution in [0, 0.1) is 0 Å². The summed E-state index contributed by atoms with van der Waals surface area (Å²) < 4.78 is 1.55. The molecule has 136 valence electrons. The fraction of sp³-hybridized carbons (Fsp3) is 0. The van der Waals surface area contributed by atoms with Crippen molar-refractivity contribution in [2.75, 3.05) is 0 Å². The molecule has 5 aromatic rings. The van der Waals surface area contributed by atoms with Crippen molar-refractivity contribution < 1.29 is 9.59 Å². The Kier molecular flexibility index (Phi) is 3.05. The van der Waals surface area contributed by atoms with Crippen LogP contribution in [-0.2, 0) is 0 Å². The third-order valence-electron chi connectivity index (χ3n) is 5.23. The number of carbonyl (C=O) groups is 2. The molecule has 1 aliphatic carbocycles. The molecule has 0 atom stereocenters. The van der Waals surface area contributed by atoms with E-state index in [1.165, 1.54) is 0 Å². The molecule has 2 aromatic heterocycles. The molecule has 0 N–H and O–H groups in total. The van der Waals surface area contributed by atoms with E-state index >= 15 is 0 Å². The van der Waals surface area contributed by atoms with Gasteiger partial charge in [-0.15, -0.1) is 5.10 Å². The summed E-state index contributed by atoms with van der Waals surface area (Å²) >= 11 is 0. The number of rotatable bonds is 1. The van der Waals surface area contributed by atoms with Crippen LogP contribution in [-0.4, -0.2) is 36.6 Å². The Bertz CT molecular complexity index is 1490. The molecule has 0 unspecified atom stereocenters. The highest BCUT2D eigenvalue weighted by Crippen LogP contribution is 2.34. The minimum atomic E-state index is -0.218. The smallest absolute Gasteiger partial charge is 0.196 e. The summed E-state index contributed by atoms with van der Waals surface area (Å²) in [6.07, 6.45) is 0. The molecule has 0 spiro atoms. The molecule has 6 rings (SSSR count). The van der Waals surface area contributed by atoms with Gasteiger partial charge < -0.3 is 0 Å². The van der Waals surface area contributed by atoms with Gasteiger partial charge in [-0.2, -0.15) is 4.52 Å². The van der Waals surface area contributed by atoms with Gasteiger partial charge in [0.05, 0.1) is 11.1 Å². The van der Waals surface area contributed by atoms with Crippen LogP contribution in [0.4, 0.5) is 0 Å². The van der Waals surface area contributed by atoms with E-state index in [0.29, 0.717) is 44.6 Å². The van der Waals surface area contributed by atoms with Crippen LogP contribution in [0.2, 0.25) is 0 Å². The Balaban J connectivity index is 1.76. The number of hydrogen-bond donors (Lipinski definition) is 0. The van der Waals surface area contributed by atoms with E-state index in [1.807, 2.05) is 30.3 Å². The molecular formula is C22H11N5O2. The molecule has 0 aliphatic heterocycles. The molecule has 29 heavy (non-hydrogen) atoms.